The molecule has 5 heteroatoms. The van der Waals surface area contributed by atoms with Gasteiger partial charge in [0.05, 0.1) is 13.2 Å². The Bertz CT molecular complexity index is 295. The minimum atomic E-state index is -0.992. The number of rotatable bonds is 3. The van der Waals surface area contributed by atoms with Crippen LogP contribution in [0.5, 0.6) is 0 Å². The normalized spacial score (nSPS) is 21.4. The van der Waals surface area contributed by atoms with E-state index in [9.17, 15) is 9.59 Å². The Kier molecular flexibility index (Phi) is 4.51. The fourth-order valence-electron chi connectivity index (χ4n) is 1.73. The molecule has 0 aromatic carbocycles. The molecule has 1 aliphatic heterocycles. The molecule has 98 valence electrons. The summed E-state index contributed by atoms with van der Waals surface area (Å²) in [6, 6.07) is -0.823. The van der Waals surface area contributed by atoms with Gasteiger partial charge in [0.1, 0.15) is 0 Å². The molecule has 1 atom stereocenters. The molecule has 0 spiro atoms. The summed E-state index contributed by atoms with van der Waals surface area (Å²) in [6.07, 6.45) is 1.16. The van der Waals surface area contributed by atoms with Crippen molar-refractivity contribution in [3.8, 4) is 0 Å². The minimum absolute atomic E-state index is 0.0840. The average molecular weight is 243 g/mol. The Morgan fingerprint density at radius 3 is 2.59 bits per heavy atom. The van der Waals surface area contributed by atoms with Crippen LogP contribution in [0, 0.1) is 5.41 Å². The zero-order valence-electron chi connectivity index (χ0n) is 10.7. The van der Waals surface area contributed by atoms with E-state index in [0.717, 1.165) is 6.42 Å². The van der Waals surface area contributed by atoms with Gasteiger partial charge >= 0.3 is 5.97 Å². The predicted molar refractivity (Wildman–Crippen MR) is 62.6 cm³/mol. The maximum absolute atomic E-state index is 12.0. The lowest BCUT2D eigenvalue weighted by molar-refractivity contribution is -0.158. The van der Waals surface area contributed by atoms with Crippen molar-refractivity contribution < 1.29 is 19.4 Å². The van der Waals surface area contributed by atoms with E-state index in [2.05, 4.69) is 20.8 Å². The van der Waals surface area contributed by atoms with E-state index in [4.69, 9.17) is 9.84 Å². The molecule has 17 heavy (non-hydrogen) atoms. The molecular weight excluding hydrogens is 222 g/mol. The van der Waals surface area contributed by atoms with Gasteiger partial charge in [0, 0.05) is 13.0 Å². The van der Waals surface area contributed by atoms with Crippen LogP contribution in [0.4, 0.5) is 0 Å². The van der Waals surface area contributed by atoms with E-state index in [0.29, 0.717) is 19.6 Å². The number of amides is 1. The highest BCUT2D eigenvalue weighted by Gasteiger charge is 2.32. The van der Waals surface area contributed by atoms with E-state index in [1.165, 1.54) is 4.90 Å². The monoisotopic (exact) mass is 243 g/mol. The Hall–Kier alpha value is -1.10. The first-order valence-electron chi connectivity index (χ1n) is 5.91. The second-order valence-corrected chi connectivity index (χ2v) is 5.58. The van der Waals surface area contributed by atoms with Gasteiger partial charge in [-0.1, -0.05) is 20.8 Å². The molecule has 1 unspecified atom stereocenters. The zero-order valence-corrected chi connectivity index (χ0v) is 10.7. The van der Waals surface area contributed by atoms with Gasteiger partial charge in [-0.05, 0) is 11.8 Å². The summed E-state index contributed by atoms with van der Waals surface area (Å²) in [7, 11) is 0. The second kappa shape index (κ2) is 5.49. The number of aliphatic carboxylic acids is 1. The smallest absolute Gasteiger partial charge is 0.328 e. The van der Waals surface area contributed by atoms with E-state index in [-0.39, 0.29) is 17.9 Å². The first kappa shape index (κ1) is 14.0. The molecule has 1 fully saturated rings. The number of hydrogen-bond donors (Lipinski definition) is 1. The van der Waals surface area contributed by atoms with Gasteiger partial charge in [0.2, 0.25) is 5.91 Å². The van der Waals surface area contributed by atoms with Crippen LogP contribution in [0.25, 0.3) is 0 Å². The van der Waals surface area contributed by atoms with E-state index >= 15 is 0 Å². The number of nitrogens with zero attached hydrogens (tertiary/aromatic N) is 1. The second-order valence-electron chi connectivity index (χ2n) is 5.58. The largest absolute Gasteiger partial charge is 0.480 e. The van der Waals surface area contributed by atoms with Crippen LogP contribution in [0.3, 0.4) is 0 Å². The van der Waals surface area contributed by atoms with Crippen molar-refractivity contribution in [1.29, 1.82) is 0 Å². The third-order valence-corrected chi connectivity index (χ3v) is 2.82. The molecule has 1 amide bonds. The Morgan fingerprint density at radius 1 is 1.41 bits per heavy atom. The van der Waals surface area contributed by atoms with Gasteiger partial charge in [0.25, 0.3) is 0 Å². The summed E-state index contributed by atoms with van der Waals surface area (Å²) in [5, 5.41) is 9.01. The highest BCUT2D eigenvalue weighted by atomic mass is 16.5. The first-order valence-corrected chi connectivity index (χ1v) is 5.91. The standard InChI is InChI=1S/C12H21NO4/c1-12(2,3)5-4-10(14)13-6-7-17-8-9(13)11(15)16/h9H,4-8H2,1-3H3,(H,15,16). The van der Waals surface area contributed by atoms with Crippen molar-refractivity contribution in [2.45, 2.75) is 39.7 Å². The van der Waals surface area contributed by atoms with Gasteiger partial charge in [0.15, 0.2) is 6.04 Å². The Labute approximate surface area is 102 Å². The highest BCUT2D eigenvalue weighted by Crippen LogP contribution is 2.22. The molecule has 0 aromatic rings. The maximum atomic E-state index is 12.0. The van der Waals surface area contributed by atoms with Crippen LogP contribution < -0.4 is 0 Å². The molecule has 0 bridgehead atoms. The van der Waals surface area contributed by atoms with Gasteiger partial charge in [-0.25, -0.2) is 4.79 Å². The van der Waals surface area contributed by atoms with Crippen LogP contribution in [-0.2, 0) is 14.3 Å². The van der Waals surface area contributed by atoms with E-state index in [1.54, 1.807) is 0 Å². The van der Waals surface area contributed by atoms with Crippen LogP contribution in [0.2, 0.25) is 0 Å². The van der Waals surface area contributed by atoms with Crippen molar-refractivity contribution in [2.75, 3.05) is 19.8 Å². The van der Waals surface area contributed by atoms with Crippen molar-refractivity contribution in [1.82, 2.24) is 4.90 Å². The summed E-state index contributed by atoms with van der Waals surface area (Å²) in [6.45, 7) is 7.08. The lowest BCUT2D eigenvalue weighted by atomic mass is 9.90. The zero-order chi connectivity index (χ0) is 13.1. The van der Waals surface area contributed by atoms with Gasteiger partial charge < -0.3 is 14.7 Å². The predicted octanol–water partition coefficient (Wildman–Crippen LogP) is 1.12. The molecule has 1 aliphatic rings. The number of hydrogen-bond acceptors (Lipinski definition) is 3. The lowest BCUT2D eigenvalue weighted by Gasteiger charge is -2.33. The number of carbonyl (C=O) groups is 2. The van der Waals surface area contributed by atoms with Crippen LogP contribution in [-0.4, -0.2) is 47.7 Å². The molecule has 0 aliphatic carbocycles. The number of ether oxygens (including phenoxy) is 1. The van der Waals surface area contributed by atoms with Crippen LogP contribution in [0.1, 0.15) is 33.6 Å². The minimum Gasteiger partial charge on any atom is -0.480 e. The van der Waals surface area contributed by atoms with E-state index in [1.807, 2.05) is 0 Å². The number of carboxylic acids is 1. The van der Waals surface area contributed by atoms with Crippen molar-refractivity contribution in [2.24, 2.45) is 5.41 Å². The van der Waals surface area contributed by atoms with Crippen molar-refractivity contribution in [3.05, 3.63) is 0 Å². The van der Waals surface area contributed by atoms with E-state index < -0.39 is 12.0 Å². The summed E-state index contributed by atoms with van der Waals surface area (Å²) < 4.78 is 5.09. The first-order chi connectivity index (χ1) is 7.81. The number of carbonyl (C=O) groups excluding carboxylic acids is 1. The van der Waals surface area contributed by atoms with Crippen LogP contribution >= 0.6 is 0 Å². The van der Waals surface area contributed by atoms with Gasteiger partial charge in [-0.15, -0.1) is 0 Å². The summed E-state index contributed by atoms with van der Waals surface area (Å²) in [4.78, 5) is 24.4. The highest BCUT2D eigenvalue weighted by molar-refractivity contribution is 5.84. The molecule has 1 heterocycles. The molecule has 0 saturated carbocycles. The fraction of sp³-hybridized carbons (Fsp3) is 0.833. The van der Waals surface area contributed by atoms with Gasteiger partial charge in [-0.3, -0.25) is 4.79 Å². The third-order valence-electron chi connectivity index (χ3n) is 2.82. The van der Waals surface area contributed by atoms with Gasteiger partial charge in [-0.2, -0.15) is 0 Å². The molecule has 1 saturated heterocycles. The summed E-state index contributed by atoms with van der Waals surface area (Å²) in [5.74, 6) is -1.08. The topological polar surface area (TPSA) is 66.8 Å². The Morgan fingerprint density at radius 2 is 2.06 bits per heavy atom. The molecule has 1 rings (SSSR count). The number of carboxylic acid groups (broad SMARTS) is 1. The average Bonchev–Trinajstić information content (AvgIpc) is 2.25. The molecular formula is C12H21NO4. The van der Waals surface area contributed by atoms with Crippen LogP contribution in [0.15, 0.2) is 0 Å². The van der Waals surface area contributed by atoms with Crippen molar-refractivity contribution in [3.63, 3.8) is 0 Å². The number of morpholine rings is 1. The molecule has 0 radical (unpaired) electrons. The molecule has 1 N–H and O–H groups in total. The lowest BCUT2D eigenvalue weighted by Crippen LogP contribution is -2.52. The Balaban J connectivity index is 2.56. The van der Waals surface area contributed by atoms with Crippen molar-refractivity contribution >= 4 is 11.9 Å². The maximum Gasteiger partial charge on any atom is 0.328 e. The molecule has 5 nitrogen and oxygen atoms in total. The molecule has 0 aromatic heterocycles. The summed E-state index contributed by atoms with van der Waals surface area (Å²) in [5.41, 5.74) is 0.0840. The summed E-state index contributed by atoms with van der Waals surface area (Å²) >= 11 is 0. The SMILES string of the molecule is CC(C)(C)CCC(=O)N1CCOCC1C(=O)O. The quantitative estimate of drug-likeness (QED) is 0.806. The fourth-order valence-corrected chi connectivity index (χ4v) is 1.73. The third kappa shape index (κ3) is 4.34.